The Labute approximate surface area is 132 Å². The Morgan fingerprint density at radius 2 is 1.64 bits per heavy atom. The van der Waals surface area contributed by atoms with Crippen LogP contribution >= 0.6 is 0 Å². The van der Waals surface area contributed by atoms with Crippen LogP contribution in [0.3, 0.4) is 0 Å². The fourth-order valence-electron chi connectivity index (χ4n) is 1.73. The van der Waals surface area contributed by atoms with Crippen molar-refractivity contribution in [2.24, 2.45) is 20.5 Å². The molecule has 0 heterocycles. The van der Waals surface area contributed by atoms with Gasteiger partial charge in [0.05, 0.1) is 17.1 Å². The lowest BCUT2D eigenvalue weighted by atomic mass is 10.0. The van der Waals surface area contributed by atoms with Crippen LogP contribution in [0.2, 0.25) is 0 Å². The van der Waals surface area contributed by atoms with E-state index < -0.39 is 0 Å². The first-order valence-corrected chi connectivity index (χ1v) is 7.12. The van der Waals surface area contributed by atoms with Crippen LogP contribution in [0, 0.1) is 0 Å². The summed E-state index contributed by atoms with van der Waals surface area (Å²) in [7, 11) is 1.61. The summed E-state index contributed by atoms with van der Waals surface area (Å²) < 4.78 is 0. The van der Waals surface area contributed by atoms with Gasteiger partial charge in [-0.3, -0.25) is 0 Å². The van der Waals surface area contributed by atoms with Crippen molar-refractivity contribution < 1.29 is 0 Å². The Kier molecular flexibility index (Phi) is 7.40. The van der Waals surface area contributed by atoms with E-state index in [4.69, 9.17) is 0 Å². The van der Waals surface area contributed by atoms with Crippen molar-refractivity contribution in [3.63, 3.8) is 0 Å². The summed E-state index contributed by atoms with van der Waals surface area (Å²) >= 11 is 0. The van der Waals surface area contributed by atoms with Gasteiger partial charge < -0.3 is 0 Å². The van der Waals surface area contributed by atoms with Crippen molar-refractivity contribution in [2.75, 3.05) is 7.05 Å². The van der Waals surface area contributed by atoms with Crippen LogP contribution in [0.1, 0.15) is 31.4 Å². The molecule has 0 saturated heterocycles. The smallest absolute Gasteiger partial charge is 0.0864 e. The number of rotatable bonds is 7. The van der Waals surface area contributed by atoms with Gasteiger partial charge in [-0.15, -0.1) is 0 Å². The topological polar surface area (TPSA) is 49.4 Å². The van der Waals surface area contributed by atoms with Crippen LogP contribution in [-0.2, 0) is 0 Å². The second-order valence-corrected chi connectivity index (χ2v) is 4.58. The number of benzene rings is 1. The average Bonchev–Trinajstić information content (AvgIpc) is 2.53. The van der Waals surface area contributed by atoms with Gasteiger partial charge in [0.25, 0.3) is 0 Å². The molecule has 0 spiro atoms. The lowest BCUT2D eigenvalue weighted by Crippen LogP contribution is -1.88. The summed E-state index contributed by atoms with van der Waals surface area (Å²) in [4.78, 5) is 0. The summed E-state index contributed by atoms with van der Waals surface area (Å²) in [6.07, 6.45) is 6.93. The van der Waals surface area contributed by atoms with Crippen LogP contribution in [0.15, 0.2) is 81.8 Å². The first-order chi connectivity index (χ1) is 10.6. The van der Waals surface area contributed by atoms with Gasteiger partial charge in [-0.2, -0.15) is 20.5 Å². The zero-order valence-corrected chi connectivity index (χ0v) is 13.5. The summed E-state index contributed by atoms with van der Waals surface area (Å²) in [5, 5.41) is 16.1. The van der Waals surface area contributed by atoms with Crippen molar-refractivity contribution in [2.45, 2.75) is 20.3 Å². The predicted octanol–water partition coefficient (Wildman–Crippen LogP) is 6.03. The molecule has 0 amide bonds. The van der Waals surface area contributed by atoms with Crippen LogP contribution in [-0.4, -0.2) is 7.05 Å². The molecule has 4 nitrogen and oxygen atoms in total. The third-order valence-corrected chi connectivity index (χ3v) is 2.81. The summed E-state index contributed by atoms with van der Waals surface area (Å²) in [5.74, 6) is 0. The molecule has 1 rings (SSSR count). The van der Waals surface area contributed by atoms with E-state index in [0.717, 1.165) is 23.2 Å². The van der Waals surface area contributed by atoms with Crippen molar-refractivity contribution in [3.05, 3.63) is 72.5 Å². The second kappa shape index (κ2) is 9.34. The minimum atomic E-state index is 0.565. The highest BCUT2D eigenvalue weighted by Gasteiger charge is 2.07. The zero-order valence-electron chi connectivity index (χ0n) is 13.5. The van der Waals surface area contributed by atoms with E-state index in [0.29, 0.717) is 11.4 Å². The van der Waals surface area contributed by atoms with Crippen LogP contribution in [0.25, 0.3) is 11.4 Å². The Hall–Kier alpha value is -2.62. The molecule has 22 heavy (non-hydrogen) atoms. The normalized spacial score (nSPS) is 12.6. The highest BCUT2D eigenvalue weighted by molar-refractivity contribution is 5.76. The molecular weight excluding hydrogens is 272 g/mol. The molecule has 0 fully saturated rings. The maximum atomic E-state index is 4.19. The molecule has 0 aliphatic rings. The minimum Gasteiger partial charge on any atom is -0.192 e. The molecule has 4 heteroatoms. The molecule has 0 saturated carbocycles. The van der Waals surface area contributed by atoms with Gasteiger partial charge in [-0.1, -0.05) is 56.5 Å². The fraction of sp³-hybridized carbons (Fsp3) is 0.222. The fourth-order valence-corrected chi connectivity index (χ4v) is 1.73. The maximum Gasteiger partial charge on any atom is 0.0864 e. The monoisotopic (exact) mass is 294 g/mol. The summed E-state index contributed by atoms with van der Waals surface area (Å²) in [5.41, 5.74) is 3.66. The van der Waals surface area contributed by atoms with E-state index in [1.807, 2.05) is 43.3 Å². The van der Waals surface area contributed by atoms with E-state index in [-0.39, 0.29) is 0 Å². The third-order valence-electron chi connectivity index (χ3n) is 2.81. The molecule has 0 aromatic heterocycles. The highest BCUT2D eigenvalue weighted by Crippen LogP contribution is 2.25. The van der Waals surface area contributed by atoms with Gasteiger partial charge >= 0.3 is 0 Å². The summed E-state index contributed by atoms with van der Waals surface area (Å²) in [6, 6.07) is 7.67. The van der Waals surface area contributed by atoms with Gasteiger partial charge in [0.15, 0.2) is 0 Å². The van der Waals surface area contributed by atoms with Crippen LogP contribution < -0.4 is 0 Å². The van der Waals surface area contributed by atoms with Crippen molar-refractivity contribution in [3.8, 4) is 0 Å². The molecule has 0 aliphatic carbocycles. The van der Waals surface area contributed by atoms with E-state index in [1.54, 1.807) is 7.05 Å². The predicted molar refractivity (Wildman–Crippen MR) is 93.3 cm³/mol. The van der Waals surface area contributed by atoms with Crippen molar-refractivity contribution >= 4 is 11.4 Å². The van der Waals surface area contributed by atoms with Gasteiger partial charge in [0.2, 0.25) is 0 Å². The lowest BCUT2D eigenvalue weighted by Gasteiger charge is -2.07. The van der Waals surface area contributed by atoms with E-state index in [9.17, 15) is 0 Å². The van der Waals surface area contributed by atoms with Gasteiger partial charge in [0, 0.05) is 18.2 Å². The first kappa shape index (κ1) is 17.4. The Bertz CT molecular complexity index is 649. The molecule has 0 bridgehead atoms. The molecule has 0 unspecified atom stereocenters. The minimum absolute atomic E-state index is 0.565. The molecule has 1 aromatic rings. The number of azo groups is 2. The molecule has 0 aliphatic heterocycles. The molecule has 114 valence electrons. The second-order valence-electron chi connectivity index (χ2n) is 4.58. The largest absolute Gasteiger partial charge is 0.192 e. The van der Waals surface area contributed by atoms with Crippen LogP contribution in [0.5, 0.6) is 0 Å². The Morgan fingerprint density at radius 1 is 1.05 bits per heavy atom. The summed E-state index contributed by atoms with van der Waals surface area (Å²) in [6.45, 7) is 11.9. The van der Waals surface area contributed by atoms with Gasteiger partial charge in [-0.25, -0.2) is 0 Å². The van der Waals surface area contributed by atoms with E-state index >= 15 is 0 Å². The number of allylic oxidation sites excluding steroid dienone is 4. The Morgan fingerprint density at radius 3 is 2.18 bits per heavy atom. The third kappa shape index (κ3) is 5.40. The maximum absolute atomic E-state index is 4.19. The number of hydrogen-bond acceptors (Lipinski definition) is 4. The van der Waals surface area contributed by atoms with Crippen LogP contribution in [0.4, 0.5) is 0 Å². The zero-order chi connectivity index (χ0) is 16.4. The van der Waals surface area contributed by atoms with E-state index in [1.165, 1.54) is 0 Å². The van der Waals surface area contributed by atoms with Gasteiger partial charge in [-0.05, 0) is 19.4 Å². The molecule has 1 aromatic carbocycles. The van der Waals surface area contributed by atoms with E-state index in [2.05, 4.69) is 46.6 Å². The van der Waals surface area contributed by atoms with Crippen molar-refractivity contribution in [1.29, 1.82) is 0 Å². The average molecular weight is 294 g/mol. The molecule has 0 radical (unpaired) electrons. The Balaban J connectivity index is 2.97. The number of nitrogens with zero attached hydrogens (tertiary/aromatic N) is 4. The van der Waals surface area contributed by atoms with Gasteiger partial charge in [0.1, 0.15) is 0 Å². The molecule has 0 atom stereocenters. The number of hydrogen-bond donors (Lipinski definition) is 0. The first-order valence-electron chi connectivity index (χ1n) is 7.12. The molecule has 0 N–H and O–H groups in total. The quantitative estimate of drug-likeness (QED) is 0.435. The highest BCUT2D eigenvalue weighted by atomic mass is 15.1. The standard InChI is InChI=1S/C18H22N4/c1-6-7-8-11-14(2)20-22-16(4)18-13-10-9-12-17(18)15(3)21-19-5/h7-13H,3-4,6H2,1-2,5H3/b8-7-,14-11+,21-19?,22-20?. The lowest BCUT2D eigenvalue weighted by molar-refractivity contribution is 1.13. The SMILES string of the molecule is C=C(N=NC)c1ccccc1C(=C)N=N/C(C)=C/C=C\CC. The van der Waals surface area contributed by atoms with Crippen molar-refractivity contribution in [1.82, 2.24) is 0 Å². The molecular formula is C18H22N4.